The molecule has 1 N–H and O–H groups in total. The van der Waals surface area contributed by atoms with Crippen LogP contribution in [0.25, 0.3) is 10.9 Å². The topological polar surface area (TPSA) is 33.1 Å². The Labute approximate surface area is 96.0 Å². The predicted molar refractivity (Wildman–Crippen MR) is 66.5 cm³/mol. The summed E-state index contributed by atoms with van der Waals surface area (Å²) in [5.41, 5.74) is 3.57. The van der Waals surface area contributed by atoms with E-state index >= 15 is 0 Å². The number of aryl methyl sites for hydroxylation is 2. The highest BCUT2D eigenvalue weighted by Gasteiger charge is 1.98. The van der Waals surface area contributed by atoms with Gasteiger partial charge in [-0.3, -0.25) is 4.98 Å². The van der Waals surface area contributed by atoms with Gasteiger partial charge in [0.15, 0.2) is 0 Å². The quantitative estimate of drug-likeness (QED) is 0.795. The minimum Gasteiger partial charge on any atom is -0.396 e. The Bertz CT molecular complexity index is 479. The molecule has 16 heavy (non-hydrogen) atoms. The molecule has 0 spiro atoms. The molecule has 84 valence electrons. The van der Waals surface area contributed by atoms with Crippen LogP contribution in [0.2, 0.25) is 0 Å². The molecule has 2 rings (SSSR count). The normalized spacial score (nSPS) is 10.9. The smallest absolute Gasteiger partial charge is 0.0702 e. The lowest BCUT2D eigenvalue weighted by Crippen LogP contribution is -1.89. The molecule has 0 radical (unpaired) electrons. The highest BCUT2D eigenvalue weighted by Crippen LogP contribution is 2.16. The molecular weight excluding hydrogens is 198 g/mol. The van der Waals surface area contributed by atoms with Crippen molar-refractivity contribution in [3.63, 3.8) is 0 Å². The van der Waals surface area contributed by atoms with E-state index in [0.29, 0.717) is 0 Å². The third-order valence-electron chi connectivity index (χ3n) is 2.76. The number of hydrogen-bond acceptors (Lipinski definition) is 2. The van der Waals surface area contributed by atoms with Crippen LogP contribution in [-0.4, -0.2) is 16.7 Å². The number of aliphatic hydroxyl groups is 1. The van der Waals surface area contributed by atoms with E-state index in [4.69, 9.17) is 5.11 Å². The molecule has 0 fully saturated rings. The summed E-state index contributed by atoms with van der Waals surface area (Å²) in [6, 6.07) is 8.57. The second-order valence-corrected chi connectivity index (χ2v) is 4.22. The fourth-order valence-electron chi connectivity index (χ4n) is 1.89. The van der Waals surface area contributed by atoms with E-state index in [1.54, 1.807) is 0 Å². The maximum atomic E-state index is 8.74. The van der Waals surface area contributed by atoms with E-state index < -0.39 is 0 Å². The number of benzene rings is 1. The van der Waals surface area contributed by atoms with Crippen molar-refractivity contribution in [1.29, 1.82) is 0 Å². The lowest BCUT2D eigenvalue weighted by molar-refractivity contribution is 0.284. The zero-order valence-corrected chi connectivity index (χ0v) is 9.61. The van der Waals surface area contributed by atoms with Crippen LogP contribution in [0.3, 0.4) is 0 Å². The van der Waals surface area contributed by atoms with Gasteiger partial charge in [0.2, 0.25) is 0 Å². The largest absolute Gasteiger partial charge is 0.396 e. The van der Waals surface area contributed by atoms with Crippen molar-refractivity contribution < 1.29 is 5.11 Å². The number of nitrogens with zero attached hydrogens (tertiary/aromatic N) is 1. The Balaban J connectivity index is 2.21. The highest BCUT2D eigenvalue weighted by molar-refractivity contribution is 5.79. The second-order valence-electron chi connectivity index (χ2n) is 4.22. The van der Waals surface area contributed by atoms with Gasteiger partial charge in [0, 0.05) is 18.2 Å². The summed E-state index contributed by atoms with van der Waals surface area (Å²) in [6.45, 7) is 2.35. The van der Waals surface area contributed by atoms with Crippen LogP contribution >= 0.6 is 0 Å². The average Bonchev–Trinajstić information content (AvgIpc) is 2.29. The molecule has 0 bridgehead atoms. The Morgan fingerprint density at radius 2 is 2.06 bits per heavy atom. The molecule has 0 atom stereocenters. The number of fused-ring (bicyclic) bond motifs is 1. The zero-order chi connectivity index (χ0) is 11.4. The first kappa shape index (κ1) is 11.1. The van der Waals surface area contributed by atoms with Crippen LogP contribution in [0, 0.1) is 6.92 Å². The minimum atomic E-state index is 0.286. The van der Waals surface area contributed by atoms with Crippen LogP contribution in [0.5, 0.6) is 0 Å². The van der Waals surface area contributed by atoms with Gasteiger partial charge >= 0.3 is 0 Å². The van der Waals surface area contributed by atoms with Gasteiger partial charge in [-0.05, 0) is 55.5 Å². The third-order valence-corrected chi connectivity index (χ3v) is 2.76. The zero-order valence-electron chi connectivity index (χ0n) is 9.61. The lowest BCUT2D eigenvalue weighted by atomic mass is 10.0. The lowest BCUT2D eigenvalue weighted by Gasteiger charge is -2.03. The third kappa shape index (κ3) is 2.58. The van der Waals surface area contributed by atoms with Gasteiger partial charge in [0.05, 0.1) is 5.52 Å². The van der Waals surface area contributed by atoms with Crippen LogP contribution in [-0.2, 0) is 6.42 Å². The van der Waals surface area contributed by atoms with E-state index in [0.717, 1.165) is 24.8 Å². The number of pyridine rings is 1. The Morgan fingerprint density at radius 1 is 1.19 bits per heavy atom. The molecule has 2 nitrogen and oxygen atoms in total. The summed E-state index contributed by atoms with van der Waals surface area (Å²) >= 11 is 0. The fraction of sp³-hybridized carbons (Fsp3) is 0.357. The number of unbranched alkanes of at least 4 members (excludes halogenated alkanes) is 1. The summed E-state index contributed by atoms with van der Waals surface area (Å²) < 4.78 is 0. The molecule has 0 saturated heterocycles. The van der Waals surface area contributed by atoms with E-state index in [1.807, 2.05) is 6.20 Å². The number of aromatic nitrogens is 1. The molecule has 0 aliphatic rings. The van der Waals surface area contributed by atoms with Crippen LogP contribution in [0.15, 0.2) is 30.5 Å². The van der Waals surface area contributed by atoms with Gasteiger partial charge < -0.3 is 5.11 Å². The number of aliphatic hydroxyl groups excluding tert-OH is 1. The molecule has 0 aliphatic heterocycles. The Hall–Kier alpha value is -1.41. The summed E-state index contributed by atoms with van der Waals surface area (Å²) in [5, 5.41) is 9.95. The molecule has 0 aliphatic carbocycles. The Morgan fingerprint density at radius 3 is 2.88 bits per heavy atom. The molecule has 0 saturated carbocycles. The average molecular weight is 215 g/mol. The van der Waals surface area contributed by atoms with Gasteiger partial charge in [-0.25, -0.2) is 0 Å². The maximum absolute atomic E-state index is 8.74. The van der Waals surface area contributed by atoms with Gasteiger partial charge in [-0.2, -0.15) is 0 Å². The summed E-state index contributed by atoms with van der Waals surface area (Å²) in [6.07, 6.45) is 4.85. The van der Waals surface area contributed by atoms with Gasteiger partial charge in [0.25, 0.3) is 0 Å². The van der Waals surface area contributed by atoms with Crippen molar-refractivity contribution in [2.75, 3.05) is 6.61 Å². The van der Waals surface area contributed by atoms with Crippen molar-refractivity contribution >= 4 is 10.9 Å². The van der Waals surface area contributed by atoms with E-state index in [-0.39, 0.29) is 6.61 Å². The molecule has 0 unspecified atom stereocenters. The van der Waals surface area contributed by atoms with E-state index in [1.165, 1.54) is 16.5 Å². The number of rotatable bonds is 4. The summed E-state index contributed by atoms with van der Waals surface area (Å²) in [4.78, 5) is 4.38. The maximum Gasteiger partial charge on any atom is 0.0702 e. The molecular formula is C14H17NO. The summed E-state index contributed by atoms with van der Waals surface area (Å²) in [5.74, 6) is 0. The first-order chi connectivity index (χ1) is 7.79. The fourth-order valence-corrected chi connectivity index (χ4v) is 1.89. The van der Waals surface area contributed by atoms with Crippen molar-refractivity contribution in [2.45, 2.75) is 26.2 Å². The van der Waals surface area contributed by atoms with Crippen molar-refractivity contribution in [3.05, 3.63) is 41.6 Å². The predicted octanol–water partition coefficient (Wildman–Crippen LogP) is 2.86. The van der Waals surface area contributed by atoms with Crippen LogP contribution < -0.4 is 0 Å². The standard InChI is InChI=1S/C14H17NO/c1-11-8-13-9-12(4-2-3-7-16)5-6-14(13)15-10-11/h5-6,8-10,16H,2-4,7H2,1H3. The SMILES string of the molecule is Cc1cnc2ccc(CCCCO)cc2c1. The molecule has 0 amide bonds. The van der Waals surface area contributed by atoms with Gasteiger partial charge in [-0.15, -0.1) is 0 Å². The van der Waals surface area contributed by atoms with Crippen molar-refractivity contribution in [3.8, 4) is 0 Å². The van der Waals surface area contributed by atoms with E-state index in [2.05, 4.69) is 36.2 Å². The minimum absolute atomic E-state index is 0.286. The van der Waals surface area contributed by atoms with Crippen molar-refractivity contribution in [2.24, 2.45) is 0 Å². The van der Waals surface area contributed by atoms with E-state index in [9.17, 15) is 0 Å². The molecule has 1 heterocycles. The molecule has 1 aromatic heterocycles. The van der Waals surface area contributed by atoms with Crippen LogP contribution in [0.4, 0.5) is 0 Å². The molecule has 1 aromatic carbocycles. The molecule has 2 heteroatoms. The van der Waals surface area contributed by atoms with Gasteiger partial charge in [-0.1, -0.05) is 6.07 Å². The highest BCUT2D eigenvalue weighted by atomic mass is 16.2. The van der Waals surface area contributed by atoms with Crippen LogP contribution in [0.1, 0.15) is 24.0 Å². The second kappa shape index (κ2) is 5.08. The Kier molecular flexibility index (Phi) is 3.52. The van der Waals surface area contributed by atoms with Crippen molar-refractivity contribution in [1.82, 2.24) is 4.98 Å². The monoisotopic (exact) mass is 215 g/mol. The molecule has 2 aromatic rings. The first-order valence-corrected chi connectivity index (χ1v) is 5.76. The first-order valence-electron chi connectivity index (χ1n) is 5.76. The number of hydrogen-bond donors (Lipinski definition) is 1. The van der Waals surface area contributed by atoms with Gasteiger partial charge in [0.1, 0.15) is 0 Å². The summed E-state index contributed by atoms with van der Waals surface area (Å²) in [7, 11) is 0.